The lowest BCUT2D eigenvalue weighted by Crippen LogP contribution is -2.56. The van der Waals surface area contributed by atoms with Crippen molar-refractivity contribution in [1.82, 2.24) is 10.6 Å². The SMILES string of the molecule is C#CCCNC(=O)CCNC(=O)[C@@H]1OC(C)(C)OCC1(C)C. The minimum Gasteiger partial charge on any atom is -0.355 e. The number of rotatable bonds is 6. The van der Waals surface area contributed by atoms with Crippen LogP contribution in [0.3, 0.4) is 0 Å². The first kappa shape index (κ1) is 18.5. The maximum atomic E-state index is 12.3. The Hall–Kier alpha value is -1.58. The Morgan fingerprint density at radius 2 is 1.91 bits per heavy atom. The third kappa shape index (κ3) is 5.66. The van der Waals surface area contributed by atoms with E-state index >= 15 is 0 Å². The molecular formula is C16H26N2O4. The smallest absolute Gasteiger partial charge is 0.249 e. The zero-order valence-electron chi connectivity index (χ0n) is 13.8. The Morgan fingerprint density at radius 1 is 1.23 bits per heavy atom. The highest BCUT2D eigenvalue weighted by molar-refractivity contribution is 5.83. The summed E-state index contributed by atoms with van der Waals surface area (Å²) >= 11 is 0. The summed E-state index contributed by atoms with van der Waals surface area (Å²) in [5.41, 5.74) is -0.422. The van der Waals surface area contributed by atoms with Crippen LogP contribution in [0, 0.1) is 17.8 Å². The van der Waals surface area contributed by atoms with E-state index in [1.54, 1.807) is 13.8 Å². The van der Waals surface area contributed by atoms with Crippen molar-refractivity contribution in [3.05, 3.63) is 0 Å². The average Bonchev–Trinajstić information content (AvgIpc) is 2.42. The van der Waals surface area contributed by atoms with Crippen LogP contribution in [0.4, 0.5) is 0 Å². The lowest BCUT2D eigenvalue weighted by Gasteiger charge is -2.44. The zero-order valence-corrected chi connectivity index (χ0v) is 13.8. The van der Waals surface area contributed by atoms with Gasteiger partial charge in [0.15, 0.2) is 5.79 Å². The van der Waals surface area contributed by atoms with Gasteiger partial charge in [-0.05, 0) is 13.8 Å². The molecule has 2 amide bonds. The van der Waals surface area contributed by atoms with Crippen molar-refractivity contribution < 1.29 is 19.1 Å². The summed E-state index contributed by atoms with van der Waals surface area (Å²) in [6.07, 6.45) is 5.20. The van der Waals surface area contributed by atoms with Gasteiger partial charge in [0.1, 0.15) is 6.10 Å². The molecule has 1 rings (SSSR count). The molecule has 6 nitrogen and oxygen atoms in total. The van der Waals surface area contributed by atoms with E-state index in [4.69, 9.17) is 15.9 Å². The summed E-state index contributed by atoms with van der Waals surface area (Å²) in [6.45, 7) is 8.54. The van der Waals surface area contributed by atoms with Gasteiger partial charge in [0.25, 0.3) is 0 Å². The van der Waals surface area contributed by atoms with Gasteiger partial charge in [-0.15, -0.1) is 12.3 Å². The Balaban J connectivity index is 2.41. The summed E-state index contributed by atoms with van der Waals surface area (Å²) in [7, 11) is 0. The maximum Gasteiger partial charge on any atom is 0.249 e. The lowest BCUT2D eigenvalue weighted by molar-refractivity contribution is -0.304. The summed E-state index contributed by atoms with van der Waals surface area (Å²) in [5.74, 6) is 1.30. The van der Waals surface area contributed by atoms with Crippen molar-refractivity contribution in [1.29, 1.82) is 0 Å². The third-order valence-electron chi connectivity index (χ3n) is 3.38. The number of hydrogen-bond donors (Lipinski definition) is 2. The molecule has 0 aromatic heterocycles. The number of nitrogens with one attached hydrogen (secondary N) is 2. The van der Waals surface area contributed by atoms with Crippen LogP contribution in [-0.4, -0.2) is 43.4 Å². The maximum absolute atomic E-state index is 12.3. The molecular weight excluding hydrogens is 284 g/mol. The molecule has 0 spiro atoms. The van der Waals surface area contributed by atoms with Crippen LogP contribution in [0.25, 0.3) is 0 Å². The summed E-state index contributed by atoms with van der Waals surface area (Å²) in [5, 5.41) is 5.43. The van der Waals surface area contributed by atoms with Gasteiger partial charge in [0, 0.05) is 31.3 Å². The number of hydrogen-bond acceptors (Lipinski definition) is 4. The molecule has 1 saturated heterocycles. The van der Waals surface area contributed by atoms with E-state index in [1.807, 2.05) is 13.8 Å². The van der Waals surface area contributed by atoms with Crippen molar-refractivity contribution in [3.63, 3.8) is 0 Å². The van der Waals surface area contributed by atoms with Crippen molar-refractivity contribution in [3.8, 4) is 12.3 Å². The fraction of sp³-hybridized carbons (Fsp3) is 0.750. The van der Waals surface area contributed by atoms with Gasteiger partial charge in [-0.3, -0.25) is 9.59 Å². The predicted molar refractivity (Wildman–Crippen MR) is 82.8 cm³/mol. The molecule has 0 aliphatic carbocycles. The molecule has 1 atom stereocenters. The second kappa shape index (κ2) is 7.61. The Labute approximate surface area is 132 Å². The Kier molecular flexibility index (Phi) is 6.39. The van der Waals surface area contributed by atoms with Crippen molar-refractivity contribution in [2.75, 3.05) is 19.7 Å². The lowest BCUT2D eigenvalue weighted by atomic mass is 9.85. The monoisotopic (exact) mass is 310 g/mol. The van der Waals surface area contributed by atoms with Gasteiger partial charge in [0.05, 0.1) is 6.61 Å². The first-order valence-corrected chi connectivity index (χ1v) is 7.47. The highest BCUT2D eigenvalue weighted by Gasteiger charge is 2.45. The highest BCUT2D eigenvalue weighted by atomic mass is 16.7. The second-order valence-electron chi connectivity index (χ2n) is 6.52. The molecule has 1 fully saturated rings. The summed E-state index contributed by atoms with van der Waals surface area (Å²) in [6, 6.07) is 0. The number of amides is 2. The van der Waals surface area contributed by atoms with E-state index < -0.39 is 17.3 Å². The predicted octanol–water partition coefficient (Wildman–Crippen LogP) is 0.810. The van der Waals surface area contributed by atoms with E-state index in [9.17, 15) is 9.59 Å². The topological polar surface area (TPSA) is 76.7 Å². The Morgan fingerprint density at radius 3 is 2.55 bits per heavy atom. The van der Waals surface area contributed by atoms with Crippen LogP contribution < -0.4 is 10.6 Å². The van der Waals surface area contributed by atoms with Crippen LogP contribution >= 0.6 is 0 Å². The van der Waals surface area contributed by atoms with E-state index in [2.05, 4.69) is 16.6 Å². The minimum absolute atomic E-state index is 0.136. The Bertz CT molecular complexity index is 452. The highest BCUT2D eigenvalue weighted by Crippen LogP contribution is 2.34. The molecule has 1 heterocycles. The summed E-state index contributed by atoms with van der Waals surface area (Å²) < 4.78 is 11.3. The second-order valence-corrected chi connectivity index (χ2v) is 6.52. The number of ether oxygens (including phenoxy) is 2. The zero-order chi connectivity index (χ0) is 16.8. The van der Waals surface area contributed by atoms with Crippen molar-refractivity contribution in [2.45, 2.75) is 52.4 Å². The van der Waals surface area contributed by atoms with Gasteiger partial charge >= 0.3 is 0 Å². The van der Waals surface area contributed by atoms with E-state index in [-0.39, 0.29) is 24.8 Å². The largest absolute Gasteiger partial charge is 0.355 e. The van der Waals surface area contributed by atoms with Crippen LogP contribution in [0.15, 0.2) is 0 Å². The van der Waals surface area contributed by atoms with Gasteiger partial charge in [-0.25, -0.2) is 0 Å². The van der Waals surface area contributed by atoms with Crippen LogP contribution in [-0.2, 0) is 19.1 Å². The normalized spacial score (nSPS) is 22.4. The molecule has 124 valence electrons. The van der Waals surface area contributed by atoms with Crippen molar-refractivity contribution >= 4 is 11.8 Å². The molecule has 0 bridgehead atoms. The van der Waals surface area contributed by atoms with E-state index in [1.165, 1.54) is 0 Å². The first-order chi connectivity index (χ1) is 10.2. The van der Waals surface area contributed by atoms with Crippen molar-refractivity contribution in [2.24, 2.45) is 5.41 Å². The van der Waals surface area contributed by atoms with E-state index in [0.717, 1.165) is 0 Å². The number of carbonyl (C=O) groups excluding carboxylic acids is 2. The molecule has 1 aliphatic rings. The molecule has 6 heteroatoms. The van der Waals surface area contributed by atoms with Gasteiger partial charge in [-0.2, -0.15) is 0 Å². The molecule has 0 unspecified atom stereocenters. The molecule has 0 aromatic rings. The molecule has 1 aliphatic heterocycles. The summed E-state index contributed by atoms with van der Waals surface area (Å²) in [4.78, 5) is 23.8. The fourth-order valence-corrected chi connectivity index (χ4v) is 2.08. The quantitative estimate of drug-likeness (QED) is 0.562. The van der Waals surface area contributed by atoms with Crippen LogP contribution in [0.5, 0.6) is 0 Å². The standard InChI is InChI=1S/C16H26N2O4/c1-6-7-9-17-12(19)8-10-18-14(20)13-15(2,3)11-21-16(4,5)22-13/h1,13H,7-11H2,2-5H3,(H,17,19)(H,18,20)/t13-/m0/s1. The molecule has 0 radical (unpaired) electrons. The minimum atomic E-state index is -0.788. The molecule has 0 saturated carbocycles. The van der Waals surface area contributed by atoms with E-state index in [0.29, 0.717) is 19.6 Å². The van der Waals surface area contributed by atoms with Gasteiger partial charge in [-0.1, -0.05) is 13.8 Å². The number of carbonyl (C=O) groups is 2. The fourth-order valence-electron chi connectivity index (χ4n) is 2.08. The van der Waals surface area contributed by atoms with Crippen LogP contribution in [0.2, 0.25) is 0 Å². The average molecular weight is 310 g/mol. The number of terminal acetylenes is 1. The first-order valence-electron chi connectivity index (χ1n) is 7.47. The molecule has 0 aromatic carbocycles. The van der Waals surface area contributed by atoms with Gasteiger partial charge in [0.2, 0.25) is 11.8 Å². The van der Waals surface area contributed by atoms with Gasteiger partial charge < -0.3 is 20.1 Å². The molecule has 22 heavy (non-hydrogen) atoms. The van der Waals surface area contributed by atoms with Crippen LogP contribution in [0.1, 0.15) is 40.5 Å². The third-order valence-corrected chi connectivity index (χ3v) is 3.38. The molecule has 2 N–H and O–H groups in total.